The predicted molar refractivity (Wildman–Crippen MR) is 70.4 cm³/mol. The molecule has 0 atom stereocenters. The van der Waals surface area contributed by atoms with Gasteiger partial charge in [-0.3, -0.25) is 4.98 Å². The van der Waals surface area contributed by atoms with Gasteiger partial charge in [0.2, 0.25) is 0 Å². The summed E-state index contributed by atoms with van der Waals surface area (Å²) in [6, 6.07) is 6.20. The molecule has 1 aromatic carbocycles. The number of hydrogen-bond acceptors (Lipinski definition) is 2. The van der Waals surface area contributed by atoms with Crippen LogP contribution in [0.15, 0.2) is 24.4 Å². The van der Waals surface area contributed by atoms with Crippen LogP contribution < -0.4 is 4.74 Å². The second kappa shape index (κ2) is 4.35. The second-order valence-corrected chi connectivity index (χ2v) is 4.61. The first-order chi connectivity index (χ1) is 7.22. The molecule has 0 aliphatic heterocycles. The van der Waals surface area contributed by atoms with Crippen LogP contribution in [0.25, 0.3) is 10.9 Å². The molecule has 0 fully saturated rings. The van der Waals surface area contributed by atoms with Crippen molar-refractivity contribution in [3.8, 4) is 5.75 Å². The number of benzene rings is 1. The highest BCUT2D eigenvalue weighted by molar-refractivity contribution is 14.1. The van der Waals surface area contributed by atoms with E-state index in [4.69, 9.17) is 4.74 Å². The normalized spacial score (nSPS) is 10.6. The molecular weight excluding hydrogens is 301 g/mol. The summed E-state index contributed by atoms with van der Waals surface area (Å²) in [5.74, 6) is 0.959. The van der Waals surface area contributed by atoms with Crippen molar-refractivity contribution in [2.75, 3.05) is 6.61 Å². The highest BCUT2D eigenvalue weighted by Crippen LogP contribution is 2.28. The van der Waals surface area contributed by atoms with E-state index in [2.05, 4.69) is 39.7 Å². The van der Waals surface area contributed by atoms with Gasteiger partial charge in [-0.1, -0.05) is 0 Å². The Morgan fingerprint density at radius 1 is 1.40 bits per heavy atom. The lowest BCUT2D eigenvalue weighted by Gasteiger charge is -2.10. The van der Waals surface area contributed by atoms with Crippen LogP contribution in [0.4, 0.5) is 0 Å². The number of pyridine rings is 1. The fourth-order valence-corrected chi connectivity index (χ4v) is 2.07. The highest BCUT2D eigenvalue weighted by atomic mass is 127. The summed E-state index contributed by atoms with van der Waals surface area (Å²) in [5.41, 5.74) is 2.08. The van der Waals surface area contributed by atoms with E-state index >= 15 is 0 Å². The third-order valence-electron chi connectivity index (χ3n) is 2.25. The summed E-state index contributed by atoms with van der Waals surface area (Å²) in [5, 5.41) is 1.10. The van der Waals surface area contributed by atoms with Gasteiger partial charge in [0.15, 0.2) is 0 Å². The summed E-state index contributed by atoms with van der Waals surface area (Å²) >= 11 is 2.30. The summed E-state index contributed by atoms with van der Waals surface area (Å²) in [6.07, 6.45) is 1.86. The van der Waals surface area contributed by atoms with Crippen molar-refractivity contribution in [1.29, 1.82) is 0 Å². The average molecular weight is 313 g/mol. The molecule has 0 bridgehead atoms. The molecule has 0 radical (unpaired) electrons. The molecule has 78 valence electrons. The van der Waals surface area contributed by atoms with E-state index in [1.54, 1.807) is 0 Å². The van der Waals surface area contributed by atoms with Crippen molar-refractivity contribution in [3.63, 3.8) is 0 Å². The Bertz CT molecular complexity index is 491. The van der Waals surface area contributed by atoms with Crippen molar-refractivity contribution in [3.05, 3.63) is 33.5 Å². The summed E-state index contributed by atoms with van der Waals surface area (Å²) in [4.78, 5) is 4.38. The second-order valence-electron chi connectivity index (χ2n) is 3.36. The van der Waals surface area contributed by atoms with E-state index < -0.39 is 0 Å². The van der Waals surface area contributed by atoms with E-state index in [9.17, 15) is 0 Å². The summed E-state index contributed by atoms with van der Waals surface area (Å²) < 4.78 is 6.86. The van der Waals surface area contributed by atoms with E-state index in [1.165, 1.54) is 3.57 Å². The van der Waals surface area contributed by atoms with Gasteiger partial charge >= 0.3 is 0 Å². The van der Waals surface area contributed by atoms with Crippen molar-refractivity contribution in [1.82, 2.24) is 4.98 Å². The molecule has 0 aliphatic carbocycles. The number of nitrogens with zero attached hydrogens (tertiary/aromatic N) is 1. The molecular formula is C12H12INO. The van der Waals surface area contributed by atoms with Crippen molar-refractivity contribution in [2.45, 2.75) is 13.8 Å². The maximum Gasteiger partial charge on any atom is 0.133 e. The molecule has 2 aromatic rings. The Labute approximate surface area is 103 Å². The Morgan fingerprint density at radius 3 is 2.93 bits per heavy atom. The van der Waals surface area contributed by atoms with Crippen LogP contribution in [0.2, 0.25) is 0 Å². The molecule has 1 heterocycles. The van der Waals surface area contributed by atoms with Gasteiger partial charge in [0.05, 0.1) is 12.1 Å². The summed E-state index contributed by atoms with van der Waals surface area (Å²) in [7, 11) is 0. The van der Waals surface area contributed by atoms with E-state index in [0.717, 1.165) is 22.2 Å². The molecule has 1 aromatic heterocycles. The first-order valence-electron chi connectivity index (χ1n) is 4.90. The first-order valence-corrected chi connectivity index (χ1v) is 5.98. The lowest BCUT2D eigenvalue weighted by atomic mass is 10.1. The van der Waals surface area contributed by atoms with Gasteiger partial charge in [-0.25, -0.2) is 0 Å². The number of rotatable bonds is 2. The van der Waals surface area contributed by atoms with Crippen molar-refractivity contribution < 1.29 is 4.74 Å². The molecule has 0 amide bonds. The minimum atomic E-state index is 0.686. The van der Waals surface area contributed by atoms with E-state index in [-0.39, 0.29) is 0 Å². The maximum absolute atomic E-state index is 5.66. The lowest BCUT2D eigenvalue weighted by Crippen LogP contribution is -1.96. The standard InChI is InChI=1S/C12H12INO/c1-3-15-12-8(2)7-14-11-5-4-9(13)6-10(11)12/h4-7H,3H2,1-2H3. The van der Waals surface area contributed by atoms with Gasteiger partial charge in [-0.15, -0.1) is 0 Å². The van der Waals surface area contributed by atoms with Gasteiger partial charge in [-0.2, -0.15) is 0 Å². The number of hydrogen-bond donors (Lipinski definition) is 0. The molecule has 0 aliphatic rings. The first kappa shape index (κ1) is 10.7. The number of aryl methyl sites for hydroxylation is 1. The van der Waals surface area contributed by atoms with Gasteiger partial charge in [0.1, 0.15) is 5.75 Å². The van der Waals surface area contributed by atoms with Crippen LogP contribution >= 0.6 is 22.6 Å². The largest absolute Gasteiger partial charge is 0.493 e. The van der Waals surface area contributed by atoms with Crippen molar-refractivity contribution >= 4 is 33.5 Å². The Morgan fingerprint density at radius 2 is 2.20 bits per heavy atom. The molecule has 0 unspecified atom stereocenters. The zero-order valence-corrected chi connectivity index (χ0v) is 10.9. The zero-order valence-electron chi connectivity index (χ0n) is 8.75. The summed E-state index contributed by atoms with van der Waals surface area (Å²) in [6.45, 7) is 4.71. The smallest absolute Gasteiger partial charge is 0.133 e. The van der Waals surface area contributed by atoms with Gasteiger partial charge < -0.3 is 4.74 Å². The third kappa shape index (κ3) is 2.07. The van der Waals surface area contributed by atoms with Crippen LogP contribution in [-0.4, -0.2) is 11.6 Å². The highest BCUT2D eigenvalue weighted by Gasteiger charge is 2.06. The molecule has 0 saturated heterocycles. The fraction of sp³-hybridized carbons (Fsp3) is 0.250. The van der Waals surface area contributed by atoms with Crippen LogP contribution in [0.3, 0.4) is 0 Å². The molecule has 15 heavy (non-hydrogen) atoms. The van der Waals surface area contributed by atoms with Gasteiger partial charge in [0, 0.05) is 20.7 Å². The van der Waals surface area contributed by atoms with Gasteiger partial charge in [-0.05, 0) is 54.6 Å². The topological polar surface area (TPSA) is 22.1 Å². The molecule has 2 rings (SSSR count). The lowest BCUT2D eigenvalue weighted by molar-refractivity contribution is 0.342. The van der Waals surface area contributed by atoms with E-state index in [1.807, 2.05) is 26.1 Å². The minimum absolute atomic E-state index is 0.686. The minimum Gasteiger partial charge on any atom is -0.493 e. The molecule has 0 N–H and O–H groups in total. The number of aromatic nitrogens is 1. The number of halogens is 1. The van der Waals surface area contributed by atoms with Crippen LogP contribution in [0.1, 0.15) is 12.5 Å². The predicted octanol–water partition coefficient (Wildman–Crippen LogP) is 3.55. The van der Waals surface area contributed by atoms with E-state index in [0.29, 0.717) is 6.61 Å². The average Bonchev–Trinajstić information content (AvgIpc) is 2.23. The van der Waals surface area contributed by atoms with Gasteiger partial charge in [0.25, 0.3) is 0 Å². The fourth-order valence-electron chi connectivity index (χ4n) is 1.58. The SMILES string of the molecule is CCOc1c(C)cnc2ccc(I)cc12. The van der Waals surface area contributed by atoms with Crippen LogP contribution in [-0.2, 0) is 0 Å². The number of ether oxygens (including phenoxy) is 1. The van der Waals surface area contributed by atoms with Crippen LogP contribution in [0.5, 0.6) is 5.75 Å². The monoisotopic (exact) mass is 313 g/mol. The van der Waals surface area contributed by atoms with Crippen LogP contribution in [0, 0.1) is 10.5 Å². The molecule has 0 saturated carbocycles. The quantitative estimate of drug-likeness (QED) is 0.791. The zero-order chi connectivity index (χ0) is 10.8. The maximum atomic E-state index is 5.66. The molecule has 2 nitrogen and oxygen atoms in total. The van der Waals surface area contributed by atoms with Crippen molar-refractivity contribution in [2.24, 2.45) is 0 Å². The molecule has 0 spiro atoms. The Hall–Kier alpha value is -0.840. The molecule has 3 heteroatoms. The Balaban J connectivity index is 2.72. The Kier molecular flexibility index (Phi) is 3.09. The third-order valence-corrected chi connectivity index (χ3v) is 2.92. The number of fused-ring (bicyclic) bond motifs is 1.